The first-order valence-electron chi connectivity index (χ1n) is 6.83. The van der Waals surface area contributed by atoms with Crippen LogP contribution in [0.5, 0.6) is 11.5 Å². The fourth-order valence-electron chi connectivity index (χ4n) is 2.16. The van der Waals surface area contributed by atoms with Crippen molar-refractivity contribution in [3.05, 3.63) is 40.9 Å². The smallest absolute Gasteiger partial charge is 0.174 e. The largest absolute Gasteiger partial charge is 0.497 e. The highest BCUT2D eigenvalue weighted by atomic mass is 79.9. The molecule has 3 aromatic rings. The number of aromatic nitrogens is 2. The highest BCUT2D eigenvalue weighted by Gasteiger charge is 2.13. The van der Waals surface area contributed by atoms with Crippen LogP contribution in [-0.4, -0.2) is 24.2 Å². The molecule has 0 aliphatic rings. The minimum Gasteiger partial charge on any atom is -0.497 e. The maximum Gasteiger partial charge on any atom is 0.174 e. The lowest BCUT2D eigenvalue weighted by atomic mass is 10.2. The summed E-state index contributed by atoms with van der Waals surface area (Å²) in [6.45, 7) is 0. The van der Waals surface area contributed by atoms with E-state index in [2.05, 4.69) is 31.2 Å². The van der Waals surface area contributed by atoms with Crippen LogP contribution >= 0.6 is 15.9 Å². The zero-order valence-corrected chi connectivity index (χ0v) is 14.2. The van der Waals surface area contributed by atoms with Gasteiger partial charge in [-0.2, -0.15) is 0 Å². The van der Waals surface area contributed by atoms with Crippen molar-refractivity contribution in [1.29, 1.82) is 0 Å². The van der Waals surface area contributed by atoms with Gasteiger partial charge in [0.15, 0.2) is 11.6 Å². The number of anilines is 3. The number of para-hydroxylation sites is 2. The lowest BCUT2D eigenvalue weighted by molar-refractivity contribution is 0.393. The minimum absolute atomic E-state index is 0.317. The lowest BCUT2D eigenvalue weighted by Crippen LogP contribution is -2.03. The quantitative estimate of drug-likeness (QED) is 0.723. The topological polar surface area (TPSA) is 82.3 Å². The Balaban J connectivity index is 2.06. The molecule has 1 aromatic heterocycles. The number of benzene rings is 2. The molecule has 0 bridgehead atoms. The molecule has 0 radical (unpaired) electrons. The van der Waals surface area contributed by atoms with Crippen molar-refractivity contribution in [2.24, 2.45) is 0 Å². The summed E-state index contributed by atoms with van der Waals surface area (Å²) >= 11 is 3.50. The first-order valence-corrected chi connectivity index (χ1v) is 7.62. The number of nitrogens with two attached hydrogens (primary N) is 1. The molecule has 0 saturated heterocycles. The monoisotopic (exact) mass is 374 g/mol. The predicted octanol–water partition coefficient (Wildman–Crippen LogP) is 3.74. The summed E-state index contributed by atoms with van der Waals surface area (Å²) in [5.74, 6) is 2.08. The van der Waals surface area contributed by atoms with E-state index in [0.717, 1.165) is 21.2 Å². The summed E-state index contributed by atoms with van der Waals surface area (Å²) in [5, 5.41) is 3.18. The van der Waals surface area contributed by atoms with Crippen LogP contribution in [0.15, 0.2) is 40.9 Å². The van der Waals surface area contributed by atoms with Crippen LogP contribution in [0.1, 0.15) is 0 Å². The second-order valence-corrected chi connectivity index (χ2v) is 5.56. The maximum atomic E-state index is 6.01. The average molecular weight is 375 g/mol. The number of rotatable bonds is 4. The van der Waals surface area contributed by atoms with Gasteiger partial charge in [0.05, 0.1) is 35.4 Å². The Labute approximate surface area is 141 Å². The summed E-state index contributed by atoms with van der Waals surface area (Å²) < 4.78 is 11.4. The Morgan fingerprint density at radius 3 is 2.39 bits per heavy atom. The lowest BCUT2D eigenvalue weighted by Gasteiger charge is -2.14. The van der Waals surface area contributed by atoms with E-state index in [1.54, 1.807) is 20.3 Å². The summed E-state index contributed by atoms with van der Waals surface area (Å²) in [4.78, 5) is 8.88. The third-order valence-corrected chi connectivity index (χ3v) is 4.14. The maximum absolute atomic E-state index is 6.01. The van der Waals surface area contributed by atoms with E-state index in [1.807, 2.05) is 30.3 Å². The highest BCUT2D eigenvalue weighted by molar-refractivity contribution is 9.10. The Bertz CT molecular complexity index is 870. The number of hydrogen-bond acceptors (Lipinski definition) is 6. The molecule has 6 nitrogen and oxygen atoms in total. The van der Waals surface area contributed by atoms with E-state index in [1.165, 1.54) is 0 Å². The molecular formula is C16H15BrN4O2. The molecule has 1 heterocycles. The molecule has 0 spiro atoms. The molecular weight excluding hydrogens is 360 g/mol. The standard InChI is InChI=1S/C16H15BrN4O2/c1-22-9-7-12(14(17)13(8-9)23-2)21-16-15(18)19-10-5-3-4-6-11(10)20-16/h3-8H,1-2H3,(H2,18,19)(H,20,21). The van der Waals surface area contributed by atoms with Gasteiger partial charge >= 0.3 is 0 Å². The van der Waals surface area contributed by atoms with Crippen LogP contribution in [0.3, 0.4) is 0 Å². The van der Waals surface area contributed by atoms with Gasteiger partial charge in [-0.05, 0) is 28.1 Å². The van der Waals surface area contributed by atoms with Gasteiger partial charge in [-0.25, -0.2) is 9.97 Å². The van der Waals surface area contributed by atoms with Crippen LogP contribution < -0.4 is 20.5 Å². The molecule has 7 heteroatoms. The van der Waals surface area contributed by atoms with Crippen LogP contribution in [-0.2, 0) is 0 Å². The third kappa shape index (κ3) is 3.00. The number of nitrogens with zero attached hydrogens (tertiary/aromatic N) is 2. The van der Waals surface area contributed by atoms with Crippen molar-refractivity contribution in [1.82, 2.24) is 9.97 Å². The number of fused-ring (bicyclic) bond motifs is 1. The molecule has 2 aromatic carbocycles. The molecule has 0 unspecified atom stereocenters. The summed E-state index contributed by atoms with van der Waals surface area (Å²) in [7, 11) is 3.18. The second-order valence-electron chi connectivity index (χ2n) is 4.76. The van der Waals surface area contributed by atoms with E-state index in [4.69, 9.17) is 15.2 Å². The Hall–Kier alpha value is -2.54. The molecule has 0 atom stereocenters. The fraction of sp³-hybridized carbons (Fsp3) is 0.125. The Morgan fingerprint density at radius 2 is 1.74 bits per heavy atom. The number of ether oxygens (including phenoxy) is 2. The number of halogens is 1. The first-order chi connectivity index (χ1) is 11.1. The van der Waals surface area contributed by atoms with E-state index < -0.39 is 0 Å². The Kier molecular flexibility index (Phi) is 4.20. The molecule has 23 heavy (non-hydrogen) atoms. The summed E-state index contributed by atoms with van der Waals surface area (Å²) in [6, 6.07) is 11.2. The number of methoxy groups -OCH3 is 2. The van der Waals surface area contributed by atoms with Crippen LogP contribution in [0.25, 0.3) is 11.0 Å². The fourth-order valence-corrected chi connectivity index (χ4v) is 2.65. The van der Waals surface area contributed by atoms with Gasteiger partial charge in [-0.15, -0.1) is 0 Å². The van der Waals surface area contributed by atoms with Gasteiger partial charge in [-0.1, -0.05) is 12.1 Å². The number of nitrogen functional groups attached to an aromatic ring is 1. The van der Waals surface area contributed by atoms with Gasteiger partial charge in [0, 0.05) is 12.1 Å². The van der Waals surface area contributed by atoms with Gasteiger partial charge in [-0.3, -0.25) is 0 Å². The second kappa shape index (κ2) is 6.29. The van der Waals surface area contributed by atoms with Crippen LogP contribution in [0, 0.1) is 0 Å². The van der Waals surface area contributed by atoms with Crippen molar-refractivity contribution >= 4 is 44.3 Å². The molecule has 3 N–H and O–H groups in total. The highest BCUT2D eigenvalue weighted by Crippen LogP contribution is 2.38. The van der Waals surface area contributed by atoms with Crippen molar-refractivity contribution in [3.8, 4) is 11.5 Å². The normalized spacial score (nSPS) is 10.6. The van der Waals surface area contributed by atoms with Crippen molar-refractivity contribution in [2.45, 2.75) is 0 Å². The van der Waals surface area contributed by atoms with Crippen molar-refractivity contribution in [2.75, 3.05) is 25.3 Å². The van der Waals surface area contributed by atoms with E-state index in [-0.39, 0.29) is 0 Å². The third-order valence-electron chi connectivity index (χ3n) is 3.32. The molecule has 0 aliphatic carbocycles. The Morgan fingerprint density at radius 1 is 1.04 bits per heavy atom. The van der Waals surface area contributed by atoms with Crippen LogP contribution in [0.2, 0.25) is 0 Å². The molecule has 0 saturated carbocycles. The molecule has 0 fully saturated rings. The summed E-state index contributed by atoms with van der Waals surface area (Å²) in [6.07, 6.45) is 0. The van der Waals surface area contributed by atoms with E-state index >= 15 is 0 Å². The summed E-state index contributed by atoms with van der Waals surface area (Å²) in [5.41, 5.74) is 8.24. The average Bonchev–Trinajstić information content (AvgIpc) is 2.57. The zero-order valence-electron chi connectivity index (χ0n) is 12.6. The van der Waals surface area contributed by atoms with Crippen LogP contribution in [0.4, 0.5) is 17.3 Å². The predicted molar refractivity (Wildman–Crippen MR) is 94.5 cm³/mol. The van der Waals surface area contributed by atoms with Gasteiger partial charge in [0.2, 0.25) is 0 Å². The van der Waals surface area contributed by atoms with Gasteiger partial charge in [0.1, 0.15) is 11.5 Å². The molecule has 0 amide bonds. The number of nitrogens with one attached hydrogen (secondary N) is 1. The molecule has 118 valence electrons. The van der Waals surface area contributed by atoms with Gasteiger partial charge < -0.3 is 20.5 Å². The number of hydrogen-bond donors (Lipinski definition) is 2. The molecule has 3 rings (SSSR count). The molecule has 0 aliphatic heterocycles. The van der Waals surface area contributed by atoms with Crippen molar-refractivity contribution in [3.63, 3.8) is 0 Å². The zero-order chi connectivity index (χ0) is 16.4. The minimum atomic E-state index is 0.317. The SMILES string of the molecule is COc1cc(Nc2nc3ccccc3nc2N)c(Br)c(OC)c1. The van der Waals surface area contributed by atoms with E-state index in [0.29, 0.717) is 23.1 Å². The van der Waals surface area contributed by atoms with Gasteiger partial charge in [0.25, 0.3) is 0 Å². The van der Waals surface area contributed by atoms with E-state index in [9.17, 15) is 0 Å². The first kappa shape index (κ1) is 15.4. The van der Waals surface area contributed by atoms with Crippen molar-refractivity contribution < 1.29 is 9.47 Å².